The second kappa shape index (κ2) is 14.0. The fraction of sp³-hybridized carbons (Fsp3) is 0.448. The number of carbonyl (C=O) groups is 4. The Balaban J connectivity index is 1.55. The average Bonchev–Trinajstić information content (AvgIpc) is 2.91. The summed E-state index contributed by atoms with van der Waals surface area (Å²) >= 11 is 6.30. The summed E-state index contributed by atoms with van der Waals surface area (Å²) in [5.41, 5.74) is 3.61. The molecule has 0 aromatic heterocycles. The van der Waals surface area contributed by atoms with Crippen molar-refractivity contribution in [2.24, 2.45) is 0 Å². The van der Waals surface area contributed by atoms with E-state index in [0.717, 1.165) is 29.6 Å². The summed E-state index contributed by atoms with van der Waals surface area (Å²) in [6, 6.07) is 10.5. The number of ketones is 1. The molecule has 1 aliphatic heterocycles. The molecule has 0 unspecified atom stereocenters. The van der Waals surface area contributed by atoms with E-state index in [1.807, 2.05) is 30.1 Å². The van der Waals surface area contributed by atoms with Crippen LogP contribution in [0, 0.1) is 6.92 Å². The van der Waals surface area contributed by atoms with Crippen molar-refractivity contribution >= 4 is 41.5 Å². The average molecular weight is 557 g/mol. The van der Waals surface area contributed by atoms with E-state index in [9.17, 15) is 19.2 Å². The van der Waals surface area contributed by atoms with Crippen molar-refractivity contribution in [3.05, 3.63) is 58.1 Å². The van der Waals surface area contributed by atoms with E-state index in [4.69, 9.17) is 16.3 Å². The van der Waals surface area contributed by atoms with Crippen LogP contribution in [0.25, 0.3) is 0 Å². The zero-order chi connectivity index (χ0) is 28.5. The third kappa shape index (κ3) is 8.20. The molecule has 0 radical (unpaired) electrons. The molecule has 10 heteroatoms. The van der Waals surface area contributed by atoms with Gasteiger partial charge in [-0.3, -0.25) is 14.4 Å². The lowest BCUT2D eigenvalue weighted by Gasteiger charge is -2.37. The van der Waals surface area contributed by atoms with Gasteiger partial charge in [-0.15, -0.1) is 0 Å². The number of halogens is 1. The van der Waals surface area contributed by atoms with Crippen LogP contribution in [0.15, 0.2) is 36.4 Å². The van der Waals surface area contributed by atoms with Crippen LogP contribution in [0.5, 0.6) is 5.75 Å². The Bertz CT molecular complexity index is 1170. The van der Waals surface area contributed by atoms with Gasteiger partial charge in [-0.25, -0.2) is 4.79 Å². The quantitative estimate of drug-likeness (QED) is 0.246. The van der Waals surface area contributed by atoms with Crippen molar-refractivity contribution in [1.29, 1.82) is 0 Å². The smallest absolute Gasteiger partial charge is 0.317 e. The number of ether oxygens (including phenoxy) is 1. The molecule has 39 heavy (non-hydrogen) atoms. The molecule has 1 aliphatic rings. The number of urea groups is 1. The highest BCUT2D eigenvalue weighted by atomic mass is 35.5. The number of Topliss-reactive ketones (excluding diaryl/α,β-unsaturated/α-hetero) is 1. The van der Waals surface area contributed by atoms with Crippen molar-refractivity contribution < 1.29 is 23.9 Å². The molecule has 1 atom stereocenters. The summed E-state index contributed by atoms with van der Waals surface area (Å²) in [7, 11) is 1.88. The lowest BCUT2D eigenvalue weighted by molar-refractivity contribution is -0.132. The molecule has 3 amide bonds. The zero-order valence-corrected chi connectivity index (χ0v) is 23.7. The summed E-state index contributed by atoms with van der Waals surface area (Å²) in [4.78, 5) is 52.1. The van der Waals surface area contributed by atoms with E-state index in [1.165, 1.54) is 13.8 Å². The largest absolute Gasteiger partial charge is 0.425 e. The van der Waals surface area contributed by atoms with Crippen LogP contribution in [0.3, 0.4) is 0 Å². The second-order valence-electron chi connectivity index (χ2n) is 9.85. The molecule has 2 aromatic carbocycles. The number of piperidine rings is 1. The van der Waals surface area contributed by atoms with E-state index in [2.05, 4.69) is 16.7 Å². The highest BCUT2D eigenvalue weighted by Gasteiger charge is 2.28. The minimum Gasteiger partial charge on any atom is -0.425 e. The first-order valence-corrected chi connectivity index (χ1v) is 13.5. The zero-order valence-electron chi connectivity index (χ0n) is 23.0. The van der Waals surface area contributed by atoms with E-state index in [0.29, 0.717) is 38.0 Å². The number of hydrogen-bond acceptors (Lipinski definition) is 6. The predicted octanol–water partition coefficient (Wildman–Crippen LogP) is 3.99. The number of nitrogens with one attached hydrogen (secondary N) is 2. The van der Waals surface area contributed by atoms with E-state index >= 15 is 0 Å². The van der Waals surface area contributed by atoms with Gasteiger partial charge in [-0.2, -0.15) is 0 Å². The van der Waals surface area contributed by atoms with Gasteiger partial charge >= 0.3 is 12.0 Å². The van der Waals surface area contributed by atoms with Crippen molar-refractivity contribution in [3.8, 4) is 5.75 Å². The van der Waals surface area contributed by atoms with Gasteiger partial charge < -0.3 is 25.2 Å². The maximum atomic E-state index is 13.0. The standard InChI is InChI=1S/C29H37ClN4O5/c1-19-15-22(16-25(30)28(19)39-21(3)37)17-27(20(2)36)32-29(38)33-13-10-24(11-14-33)34(18-35)12-9-23-7-5-6-8-26(23)31-4/h5-8,15-16,18,24,27,31H,9-14,17H2,1-4H3,(H,32,38)/t27-/m1/s1. The molecule has 1 saturated heterocycles. The Kier molecular flexibility index (Phi) is 10.7. The van der Waals surface area contributed by atoms with Crippen molar-refractivity contribution in [2.45, 2.75) is 58.5 Å². The van der Waals surface area contributed by atoms with E-state index < -0.39 is 12.0 Å². The maximum Gasteiger partial charge on any atom is 0.317 e. The summed E-state index contributed by atoms with van der Waals surface area (Å²) in [6.45, 7) is 6.08. The van der Waals surface area contributed by atoms with Crippen LogP contribution in [0.4, 0.5) is 10.5 Å². The highest BCUT2D eigenvalue weighted by Crippen LogP contribution is 2.30. The number of rotatable bonds is 11. The Morgan fingerprint density at radius 1 is 1.18 bits per heavy atom. The van der Waals surface area contributed by atoms with Crippen molar-refractivity contribution in [3.63, 3.8) is 0 Å². The molecule has 210 valence electrons. The molecule has 0 bridgehead atoms. The van der Waals surface area contributed by atoms with Crippen LogP contribution in [-0.4, -0.2) is 72.8 Å². The number of anilines is 1. The summed E-state index contributed by atoms with van der Waals surface area (Å²) < 4.78 is 5.17. The fourth-order valence-electron chi connectivity index (χ4n) is 4.92. The number of carbonyl (C=O) groups excluding carboxylic acids is 4. The summed E-state index contributed by atoms with van der Waals surface area (Å²) in [5, 5.41) is 6.31. The van der Waals surface area contributed by atoms with Crippen LogP contribution >= 0.6 is 11.6 Å². The normalized spacial score (nSPS) is 14.3. The first kappa shape index (κ1) is 30.0. The lowest BCUT2D eigenvalue weighted by atomic mass is 10.0. The van der Waals surface area contributed by atoms with Crippen LogP contribution in [0.2, 0.25) is 5.02 Å². The van der Waals surface area contributed by atoms with Crippen molar-refractivity contribution in [2.75, 3.05) is 32.0 Å². The van der Waals surface area contributed by atoms with Crippen molar-refractivity contribution in [1.82, 2.24) is 15.1 Å². The summed E-state index contributed by atoms with van der Waals surface area (Å²) in [5.74, 6) is -0.361. The van der Waals surface area contributed by atoms with Gasteiger partial charge in [0, 0.05) is 45.3 Å². The minimum absolute atomic E-state index is 0.0535. The molecule has 0 saturated carbocycles. The van der Waals surface area contributed by atoms with E-state index in [1.54, 1.807) is 24.0 Å². The Morgan fingerprint density at radius 2 is 1.87 bits per heavy atom. The molecule has 1 heterocycles. The first-order chi connectivity index (χ1) is 18.6. The second-order valence-corrected chi connectivity index (χ2v) is 10.3. The molecular formula is C29H37ClN4O5. The molecule has 1 fully saturated rings. The van der Waals surface area contributed by atoms with Gasteiger partial charge in [0.2, 0.25) is 6.41 Å². The minimum atomic E-state index is -0.732. The third-order valence-corrected chi connectivity index (χ3v) is 7.33. The third-order valence-electron chi connectivity index (χ3n) is 7.05. The first-order valence-electron chi connectivity index (χ1n) is 13.1. The number of esters is 1. The van der Waals surface area contributed by atoms with Gasteiger partial charge in [-0.05, 0) is 68.4 Å². The van der Waals surface area contributed by atoms with E-state index in [-0.39, 0.29) is 35.0 Å². The molecule has 9 nitrogen and oxygen atoms in total. The predicted molar refractivity (Wildman–Crippen MR) is 151 cm³/mol. The SMILES string of the molecule is CNc1ccccc1CCN(C=O)C1CCN(C(=O)N[C@H](Cc2cc(C)c(OC(C)=O)c(Cl)c2)C(C)=O)CC1. The number of aryl methyl sites for hydroxylation is 1. The van der Waals surface area contributed by atoms with Gasteiger partial charge in [0.25, 0.3) is 0 Å². The van der Waals surface area contributed by atoms with Crippen LogP contribution < -0.4 is 15.4 Å². The molecular weight excluding hydrogens is 520 g/mol. The topological polar surface area (TPSA) is 108 Å². The van der Waals surface area contributed by atoms with Crippen LogP contribution in [-0.2, 0) is 27.2 Å². The molecule has 0 aliphatic carbocycles. The molecule has 2 N–H and O–H groups in total. The molecule has 3 rings (SSSR count). The number of nitrogens with zero attached hydrogens (tertiary/aromatic N) is 2. The van der Waals surface area contributed by atoms with Gasteiger partial charge in [-0.1, -0.05) is 35.9 Å². The number of benzene rings is 2. The molecule has 0 spiro atoms. The Hall–Kier alpha value is -3.59. The van der Waals surface area contributed by atoms with Gasteiger partial charge in [0.1, 0.15) is 0 Å². The van der Waals surface area contributed by atoms with Crippen LogP contribution in [0.1, 0.15) is 43.4 Å². The highest BCUT2D eigenvalue weighted by molar-refractivity contribution is 6.32. The maximum absolute atomic E-state index is 13.0. The Morgan fingerprint density at radius 3 is 2.46 bits per heavy atom. The van der Waals surface area contributed by atoms with Gasteiger partial charge in [0.05, 0.1) is 11.1 Å². The number of para-hydroxylation sites is 1. The number of hydrogen-bond donors (Lipinski definition) is 2. The summed E-state index contributed by atoms with van der Waals surface area (Å²) in [6.07, 6.45) is 3.22. The number of likely N-dealkylation sites (tertiary alicyclic amines) is 1. The lowest BCUT2D eigenvalue weighted by Crippen LogP contribution is -2.53. The Labute approximate surface area is 234 Å². The number of amides is 3. The fourth-order valence-corrected chi connectivity index (χ4v) is 5.25. The monoisotopic (exact) mass is 556 g/mol. The molecule has 2 aromatic rings. The van der Waals surface area contributed by atoms with Gasteiger partial charge in [0.15, 0.2) is 11.5 Å².